The molecule has 0 spiro atoms. The Balaban J connectivity index is 1.77. The SMILES string of the molecule is CC(=O)Nc1ccc(CC(=O)Nc2cc(C(F)(F)F)ccc2N2CCCCC2)cc1. The fraction of sp³-hybridized carbons (Fsp3) is 0.364. The molecular formula is C22H24F3N3O2. The van der Waals surface area contributed by atoms with Gasteiger partial charge in [-0.05, 0) is 55.2 Å². The maximum Gasteiger partial charge on any atom is 0.416 e. The van der Waals surface area contributed by atoms with Crippen LogP contribution in [0.15, 0.2) is 42.5 Å². The Morgan fingerprint density at radius 2 is 1.63 bits per heavy atom. The van der Waals surface area contributed by atoms with Crippen LogP contribution in [0.3, 0.4) is 0 Å². The molecule has 160 valence electrons. The molecule has 1 heterocycles. The Bertz CT molecular complexity index is 905. The fourth-order valence-corrected chi connectivity index (χ4v) is 3.51. The molecule has 2 aromatic carbocycles. The summed E-state index contributed by atoms with van der Waals surface area (Å²) in [6.07, 6.45) is -1.45. The molecule has 3 rings (SSSR count). The molecule has 0 aliphatic carbocycles. The summed E-state index contributed by atoms with van der Waals surface area (Å²) in [5.41, 5.74) is 1.28. The van der Waals surface area contributed by atoms with Crippen LogP contribution in [0, 0.1) is 0 Å². The highest BCUT2D eigenvalue weighted by Crippen LogP contribution is 2.36. The second-order valence-electron chi connectivity index (χ2n) is 7.38. The van der Waals surface area contributed by atoms with E-state index in [1.165, 1.54) is 13.0 Å². The molecule has 1 aliphatic rings. The number of carbonyl (C=O) groups excluding carboxylic acids is 2. The first-order valence-corrected chi connectivity index (χ1v) is 9.85. The lowest BCUT2D eigenvalue weighted by Gasteiger charge is -2.31. The lowest BCUT2D eigenvalue weighted by atomic mass is 10.1. The first-order valence-electron chi connectivity index (χ1n) is 9.85. The standard InChI is InChI=1S/C22H24F3N3O2/c1-15(29)26-18-8-5-16(6-9-18)13-21(30)27-19-14-17(22(23,24)25)7-10-20(19)28-11-3-2-4-12-28/h5-10,14H,2-4,11-13H2,1H3,(H,26,29)(H,27,30). The summed E-state index contributed by atoms with van der Waals surface area (Å²) in [5, 5.41) is 5.30. The summed E-state index contributed by atoms with van der Waals surface area (Å²) < 4.78 is 39.6. The summed E-state index contributed by atoms with van der Waals surface area (Å²) in [6.45, 7) is 2.90. The molecular weight excluding hydrogens is 395 g/mol. The minimum absolute atomic E-state index is 0.00996. The van der Waals surface area contributed by atoms with E-state index in [9.17, 15) is 22.8 Å². The van der Waals surface area contributed by atoms with E-state index in [0.717, 1.165) is 44.5 Å². The number of nitrogens with zero attached hydrogens (tertiary/aromatic N) is 1. The summed E-state index contributed by atoms with van der Waals surface area (Å²) >= 11 is 0. The first-order chi connectivity index (χ1) is 14.2. The van der Waals surface area contributed by atoms with Gasteiger partial charge in [-0.1, -0.05) is 12.1 Å². The van der Waals surface area contributed by atoms with Gasteiger partial charge in [0.15, 0.2) is 0 Å². The molecule has 0 radical (unpaired) electrons. The van der Waals surface area contributed by atoms with Crippen molar-refractivity contribution in [3.8, 4) is 0 Å². The molecule has 0 saturated carbocycles. The third kappa shape index (κ3) is 5.75. The molecule has 0 aromatic heterocycles. The molecule has 0 bridgehead atoms. The van der Waals surface area contributed by atoms with Gasteiger partial charge in [0.2, 0.25) is 11.8 Å². The number of hydrogen-bond donors (Lipinski definition) is 2. The average molecular weight is 419 g/mol. The van der Waals surface area contributed by atoms with Crippen LogP contribution < -0.4 is 15.5 Å². The van der Waals surface area contributed by atoms with Crippen molar-refractivity contribution in [2.24, 2.45) is 0 Å². The molecule has 8 heteroatoms. The van der Waals surface area contributed by atoms with E-state index in [2.05, 4.69) is 10.6 Å². The Labute approximate surface area is 173 Å². The van der Waals surface area contributed by atoms with Crippen LogP contribution in [-0.2, 0) is 22.2 Å². The largest absolute Gasteiger partial charge is 0.416 e. The number of alkyl halides is 3. The van der Waals surface area contributed by atoms with Crippen LogP contribution in [0.2, 0.25) is 0 Å². The highest BCUT2D eigenvalue weighted by molar-refractivity contribution is 5.96. The predicted molar refractivity (Wildman–Crippen MR) is 111 cm³/mol. The van der Waals surface area contributed by atoms with Crippen LogP contribution in [0.25, 0.3) is 0 Å². The summed E-state index contributed by atoms with van der Waals surface area (Å²) in [7, 11) is 0. The van der Waals surface area contributed by atoms with Crippen LogP contribution in [0.4, 0.5) is 30.2 Å². The number of nitrogens with one attached hydrogen (secondary N) is 2. The van der Waals surface area contributed by atoms with E-state index in [0.29, 0.717) is 16.9 Å². The van der Waals surface area contributed by atoms with Gasteiger partial charge < -0.3 is 15.5 Å². The van der Waals surface area contributed by atoms with Crippen molar-refractivity contribution in [1.82, 2.24) is 0 Å². The number of benzene rings is 2. The van der Waals surface area contributed by atoms with Gasteiger partial charge in [-0.3, -0.25) is 9.59 Å². The van der Waals surface area contributed by atoms with E-state index < -0.39 is 17.6 Å². The fourth-order valence-electron chi connectivity index (χ4n) is 3.51. The molecule has 0 atom stereocenters. The highest BCUT2D eigenvalue weighted by atomic mass is 19.4. The number of halogens is 3. The molecule has 30 heavy (non-hydrogen) atoms. The van der Waals surface area contributed by atoms with Gasteiger partial charge in [0, 0.05) is 25.7 Å². The van der Waals surface area contributed by atoms with Gasteiger partial charge in [0.25, 0.3) is 0 Å². The summed E-state index contributed by atoms with van der Waals surface area (Å²) in [4.78, 5) is 25.7. The van der Waals surface area contributed by atoms with Crippen molar-refractivity contribution < 1.29 is 22.8 Å². The zero-order valence-corrected chi connectivity index (χ0v) is 16.7. The highest BCUT2D eigenvalue weighted by Gasteiger charge is 2.31. The van der Waals surface area contributed by atoms with E-state index in [1.54, 1.807) is 24.3 Å². The van der Waals surface area contributed by atoms with Gasteiger partial charge in [-0.25, -0.2) is 0 Å². The molecule has 2 N–H and O–H groups in total. The monoisotopic (exact) mass is 419 g/mol. The van der Waals surface area contributed by atoms with Crippen LogP contribution in [-0.4, -0.2) is 24.9 Å². The van der Waals surface area contributed by atoms with Crippen molar-refractivity contribution in [2.45, 2.75) is 38.8 Å². The van der Waals surface area contributed by atoms with Gasteiger partial charge >= 0.3 is 6.18 Å². The van der Waals surface area contributed by atoms with Crippen molar-refractivity contribution in [2.75, 3.05) is 28.6 Å². The number of amides is 2. The molecule has 1 fully saturated rings. The topological polar surface area (TPSA) is 61.4 Å². The maximum absolute atomic E-state index is 13.2. The maximum atomic E-state index is 13.2. The molecule has 2 aromatic rings. The smallest absolute Gasteiger partial charge is 0.370 e. The number of hydrogen-bond acceptors (Lipinski definition) is 3. The second kappa shape index (κ2) is 9.19. The van der Waals surface area contributed by atoms with Crippen LogP contribution in [0.1, 0.15) is 37.3 Å². The van der Waals surface area contributed by atoms with Gasteiger partial charge in [-0.2, -0.15) is 13.2 Å². The van der Waals surface area contributed by atoms with Crippen molar-refractivity contribution in [1.29, 1.82) is 0 Å². The van der Waals surface area contributed by atoms with Crippen LogP contribution in [0.5, 0.6) is 0 Å². The second-order valence-corrected chi connectivity index (χ2v) is 7.38. The third-order valence-electron chi connectivity index (χ3n) is 4.93. The Hall–Kier alpha value is -3.03. The minimum atomic E-state index is -4.49. The number of rotatable bonds is 5. The van der Waals surface area contributed by atoms with Crippen LogP contribution >= 0.6 is 0 Å². The lowest BCUT2D eigenvalue weighted by molar-refractivity contribution is -0.137. The minimum Gasteiger partial charge on any atom is -0.370 e. The molecule has 1 aliphatic heterocycles. The Kier molecular flexibility index (Phi) is 6.64. The summed E-state index contributed by atoms with van der Waals surface area (Å²) in [6, 6.07) is 10.2. The zero-order chi connectivity index (χ0) is 21.7. The number of piperidine rings is 1. The first kappa shape index (κ1) is 21.7. The zero-order valence-electron chi connectivity index (χ0n) is 16.7. The molecule has 1 saturated heterocycles. The van der Waals surface area contributed by atoms with Crippen molar-refractivity contribution in [3.05, 3.63) is 53.6 Å². The number of anilines is 3. The van der Waals surface area contributed by atoms with E-state index in [-0.39, 0.29) is 18.0 Å². The van der Waals surface area contributed by atoms with Crippen molar-refractivity contribution >= 4 is 28.9 Å². The Morgan fingerprint density at radius 1 is 0.967 bits per heavy atom. The van der Waals surface area contributed by atoms with E-state index >= 15 is 0 Å². The summed E-state index contributed by atoms with van der Waals surface area (Å²) in [5.74, 6) is -0.602. The predicted octanol–water partition coefficient (Wildman–Crippen LogP) is 4.84. The average Bonchev–Trinajstić information content (AvgIpc) is 2.69. The third-order valence-corrected chi connectivity index (χ3v) is 4.93. The quantitative estimate of drug-likeness (QED) is 0.729. The van der Waals surface area contributed by atoms with E-state index in [1.807, 2.05) is 4.90 Å². The van der Waals surface area contributed by atoms with Gasteiger partial charge in [0.1, 0.15) is 0 Å². The van der Waals surface area contributed by atoms with Gasteiger partial charge in [0.05, 0.1) is 23.4 Å². The lowest BCUT2D eigenvalue weighted by Crippen LogP contribution is -2.30. The number of carbonyl (C=O) groups is 2. The molecule has 2 amide bonds. The molecule has 5 nitrogen and oxygen atoms in total. The normalized spacial score (nSPS) is 14.3. The van der Waals surface area contributed by atoms with E-state index in [4.69, 9.17) is 0 Å². The van der Waals surface area contributed by atoms with Gasteiger partial charge in [-0.15, -0.1) is 0 Å². The molecule has 0 unspecified atom stereocenters. The van der Waals surface area contributed by atoms with Crippen molar-refractivity contribution in [3.63, 3.8) is 0 Å². The Morgan fingerprint density at radius 3 is 2.23 bits per heavy atom.